The molecule has 0 spiro atoms. The zero-order chi connectivity index (χ0) is 23.3. The minimum atomic E-state index is -0.344. The van der Waals surface area contributed by atoms with Gasteiger partial charge in [-0.3, -0.25) is 9.59 Å². The maximum Gasteiger partial charge on any atom is 0.259 e. The van der Waals surface area contributed by atoms with E-state index in [-0.39, 0.29) is 48.3 Å². The van der Waals surface area contributed by atoms with Crippen molar-refractivity contribution in [1.82, 2.24) is 14.8 Å². The van der Waals surface area contributed by atoms with E-state index in [4.69, 9.17) is 9.47 Å². The molecule has 176 valence electrons. The van der Waals surface area contributed by atoms with Gasteiger partial charge in [-0.05, 0) is 38.3 Å². The summed E-state index contributed by atoms with van der Waals surface area (Å²) in [5, 5.41) is 9.75. The van der Waals surface area contributed by atoms with Gasteiger partial charge >= 0.3 is 0 Å². The lowest BCUT2D eigenvalue weighted by molar-refractivity contribution is -0.138. The summed E-state index contributed by atoms with van der Waals surface area (Å²) in [4.78, 5) is 34.1. The highest BCUT2D eigenvalue weighted by molar-refractivity contribution is 5.97. The summed E-state index contributed by atoms with van der Waals surface area (Å²) in [6.07, 6.45) is 6.56. The number of aliphatic hydroxyl groups excluding tert-OH is 1. The maximum atomic E-state index is 13.3. The number of ether oxygens (including phenoxy) is 2. The van der Waals surface area contributed by atoms with Crippen LogP contribution in [0.15, 0.2) is 18.3 Å². The van der Waals surface area contributed by atoms with Crippen LogP contribution in [-0.4, -0.2) is 83.8 Å². The number of amides is 2. The van der Waals surface area contributed by atoms with E-state index < -0.39 is 0 Å². The average molecular weight is 446 g/mol. The van der Waals surface area contributed by atoms with Gasteiger partial charge in [-0.1, -0.05) is 19.1 Å². The molecular weight excluding hydrogens is 410 g/mol. The minimum absolute atomic E-state index is 0.0288. The lowest BCUT2D eigenvalue weighted by atomic mass is 9.97. The third-order valence-corrected chi connectivity index (χ3v) is 6.30. The highest BCUT2D eigenvalue weighted by Crippen LogP contribution is 2.28. The smallest absolute Gasteiger partial charge is 0.259 e. The van der Waals surface area contributed by atoms with Gasteiger partial charge in [0, 0.05) is 44.8 Å². The topological polar surface area (TPSA) is 92.2 Å². The van der Waals surface area contributed by atoms with Crippen LogP contribution in [0.1, 0.15) is 49.5 Å². The number of nitrogens with zero attached hydrogens (tertiary/aromatic N) is 3. The fourth-order valence-corrected chi connectivity index (χ4v) is 4.24. The lowest BCUT2D eigenvalue weighted by Crippen LogP contribution is -2.51. The van der Waals surface area contributed by atoms with Crippen LogP contribution in [0.3, 0.4) is 0 Å². The second-order valence-electron chi connectivity index (χ2n) is 8.85. The summed E-state index contributed by atoms with van der Waals surface area (Å²) < 4.78 is 11.6. The Hall–Kier alpha value is -2.45. The van der Waals surface area contributed by atoms with Crippen LogP contribution in [0.4, 0.5) is 0 Å². The molecule has 3 atom stereocenters. The molecule has 8 nitrogen and oxygen atoms in total. The molecule has 1 aromatic heterocycles. The minimum Gasteiger partial charge on any atom is -0.472 e. The first-order valence-electron chi connectivity index (χ1n) is 11.4. The molecular formula is C24H35N3O5. The Morgan fingerprint density at radius 1 is 1.41 bits per heavy atom. The Balaban J connectivity index is 1.88. The van der Waals surface area contributed by atoms with Crippen molar-refractivity contribution in [3.63, 3.8) is 0 Å². The Labute approximate surface area is 190 Å². The van der Waals surface area contributed by atoms with Crippen LogP contribution < -0.4 is 4.74 Å². The standard InChI is InChI=1S/C24H35N3O5/c1-5-6-18-11-20-22(25-12-18)32-21(16(2)13-27(24(20)30)17(3)15-28)14-26(4)23(29)19-7-9-31-10-8-19/h5-6,11-12,16-17,19,21,28H,7-10,13-15H2,1-4H3/t16-,17-,21+/m0/s1. The number of aromatic nitrogens is 1. The summed E-state index contributed by atoms with van der Waals surface area (Å²) >= 11 is 0. The van der Waals surface area contributed by atoms with E-state index in [1.165, 1.54) is 0 Å². The van der Waals surface area contributed by atoms with Gasteiger partial charge in [0.05, 0.1) is 19.2 Å². The zero-order valence-electron chi connectivity index (χ0n) is 19.5. The average Bonchev–Trinajstić information content (AvgIpc) is 2.81. The molecule has 3 heterocycles. The van der Waals surface area contributed by atoms with Gasteiger partial charge in [-0.2, -0.15) is 0 Å². The van der Waals surface area contributed by atoms with Gasteiger partial charge in [0.15, 0.2) is 0 Å². The van der Waals surface area contributed by atoms with Gasteiger partial charge in [0.2, 0.25) is 11.8 Å². The van der Waals surface area contributed by atoms with Crippen LogP contribution >= 0.6 is 0 Å². The number of fused-ring (bicyclic) bond motifs is 1. The van der Waals surface area contributed by atoms with E-state index in [9.17, 15) is 14.7 Å². The van der Waals surface area contributed by atoms with Crippen LogP contribution in [0.25, 0.3) is 6.08 Å². The van der Waals surface area contributed by atoms with Gasteiger partial charge in [-0.25, -0.2) is 4.98 Å². The predicted molar refractivity (Wildman–Crippen MR) is 121 cm³/mol. The van der Waals surface area contributed by atoms with Gasteiger partial charge in [0.1, 0.15) is 11.7 Å². The molecule has 0 bridgehead atoms. The van der Waals surface area contributed by atoms with Crippen molar-refractivity contribution < 1.29 is 24.2 Å². The summed E-state index contributed by atoms with van der Waals surface area (Å²) in [7, 11) is 1.80. The first kappa shape index (κ1) is 24.2. The number of aliphatic hydroxyl groups is 1. The van der Waals surface area contributed by atoms with Crippen LogP contribution in [0.2, 0.25) is 0 Å². The van der Waals surface area contributed by atoms with Crippen molar-refractivity contribution in [1.29, 1.82) is 0 Å². The number of likely N-dealkylation sites (N-methyl/N-ethyl adjacent to an activating group) is 1. The highest BCUT2D eigenvalue weighted by Gasteiger charge is 2.35. The van der Waals surface area contributed by atoms with E-state index in [1.54, 1.807) is 29.1 Å². The molecule has 0 unspecified atom stereocenters. The fourth-order valence-electron chi connectivity index (χ4n) is 4.24. The first-order chi connectivity index (χ1) is 15.3. The van der Waals surface area contributed by atoms with Crippen molar-refractivity contribution in [3.05, 3.63) is 29.5 Å². The molecule has 0 saturated carbocycles. The summed E-state index contributed by atoms with van der Waals surface area (Å²) in [5.41, 5.74) is 1.17. The number of carbonyl (C=O) groups excluding carboxylic acids is 2. The third-order valence-electron chi connectivity index (χ3n) is 6.30. The Morgan fingerprint density at radius 2 is 2.12 bits per heavy atom. The number of carbonyl (C=O) groups is 2. The van der Waals surface area contributed by atoms with E-state index in [0.29, 0.717) is 31.9 Å². The predicted octanol–water partition coefficient (Wildman–Crippen LogP) is 2.22. The normalized spacial score (nSPS) is 23.3. The molecule has 8 heteroatoms. The molecule has 1 fully saturated rings. The maximum absolute atomic E-state index is 13.3. The Bertz CT molecular complexity index is 837. The molecule has 0 aromatic carbocycles. The van der Waals surface area contributed by atoms with Crippen molar-refractivity contribution in [2.24, 2.45) is 11.8 Å². The van der Waals surface area contributed by atoms with Crippen molar-refractivity contribution in [3.8, 4) is 5.88 Å². The summed E-state index contributed by atoms with van der Waals surface area (Å²) in [5.74, 6) is 0.0561. The summed E-state index contributed by atoms with van der Waals surface area (Å²) in [6, 6.07) is 1.43. The zero-order valence-corrected chi connectivity index (χ0v) is 19.5. The van der Waals surface area contributed by atoms with E-state index in [0.717, 1.165) is 18.4 Å². The molecule has 2 aliphatic rings. The van der Waals surface area contributed by atoms with Crippen molar-refractivity contribution in [2.75, 3.05) is 40.0 Å². The van der Waals surface area contributed by atoms with Gasteiger partial charge < -0.3 is 24.4 Å². The van der Waals surface area contributed by atoms with Crippen LogP contribution in [-0.2, 0) is 9.53 Å². The molecule has 3 rings (SSSR count). The van der Waals surface area contributed by atoms with E-state index >= 15 is 0 Å². The molecule has 1 N–H and O–H groups in total. The number of allylic oxidation sites excluding steroid dienone is 1. The molecule has 0 aliphatic carbocycles. The first-order valence-corrected chi connectivity index (χ1v) is 11.4. The lowest BCUT2D eigenvalue weighted by Gasteiger charge is -2.38. The number of hydrogen-bond donors (Lipinski definition) is 1. The van der Waals surface area contributed by atoms with E-state index in [2.05, 4.69) is 4.98 Å². The number of hydrogen-bond acceptors (Lipinski definition) is 6. The van der Waals surface area contributed by atoms with E-state index in [1.807, 2.05) is 32.9 Å². The monoisotopic (exact) mass is 445 g/mol. The van der Waals surface area contributed by atoms with Crippen LogP contribution in [0.5, 0.6) is 5.88 Å². The number of rotatable bonds is 6. The Morgan fingerprint density at radius 3 is 2.78 bits per heavy atom. The molecule has 1 saturated heterocycles. The quantitative estimate of drug-likeness (QED) is 0.722. The number of pyridine rings is 1. The second kappa shape index (κ2) is 10.9. The van der Waals surface area contributed by atoms with Crippen molar-refractivity contribution in [2.45, 2.75) is 45.8 Å². The van der Waals surface area contributed by atoms with Crippen molar-refractivity contribution >= 4 is 17.9 Å². The largest absolute Gasteiger partial charge is 0.472 e. The molecule has 32 heavy (non-hydrogen) atoms. The second-order valence-corrected chi connectivity index (χ2v) is 8.85. The highest BCUT2D eigenvalue weighted by atomic mass is 16.5. The third kappa shape index (κ3) is 5.48. The molecule has 2 amide bonds. The SMILES string of the molecule is CC=Cc1cnc2c(c1)C(=O)N([C@@H](C)CO)C[C@H](C)[C@@H](CN(C)C(=O)C1CCOCC1)O2. The fraction of sp³-hybridized carbons (Fsp3) is 0.625. The van der Waals surface area contributed by atoms with Gasteiger partial charge in [0.25, 0.3) is 5.91 Å². The Kier molecular flexibility index (Phi) is 8.26. The molecule has 0 radical (unpaired) electrons. The molecule has 1 aromatic rings. The summed E-state index contributed by atoms with van der Waals surface area (Å²) in [6.45, 7) is 7.63. The molecule has 2 aliphatic heterocycles. The van der Waals surface area contributed by atoms with Gasteiger partial charge in [-0.15, -0.1) is 0 Å². The van der Waals surface area contributed by atoms with Crippen LogP contribution in [0, 0.1) is 11.8 Å².